The van der Waals surface area contributed by atoms with Gasteiger partial charge in [0.05, 0.1) is 5.02 Å². The van der Waals surface area contributed by atoms with Crippen molar-refractivity contribution in [1.82, 2.24) is 4.90 Å². The van der Waals surface area contributed by atoms with Crippen LogP contribution in [-0.4, -0.2) is 36.3 Å². The number of carbonyl (C=O) groups excluding carboxylic acids is 2. The largest absolute Gasteiger partial charge is 0.342 e. The van der Waals surface area contributed by atoms with Gasteiger partial charge < -0.3 is 9.80 Å². The number of hydrogen-bond acceptors (Lipinski definition) is 2. The van der Waals surface area contributed by atoms with E-state index in [1.54, 1.807) is 0 Å². The molecule has 0 radical (unpaired) electrons. The number of amides is 2. The van der Waals surface area contributed by atoms with Crippen molar-refractivity contribution in [2.24, 2.45) is 5.92 Å². The number of benzene rings is 1. The predicted octanol–water partition coefficient (Wildman–Crippen LogP) is 3.48. The summed E-state index contributed by atoms with van der Waals surface area (Å²) in [4.78, 5) is 27.5. The summed E-state index contributed by atoms with van der Waals surface area (Å²) >= 11 is 5.77. The van der Waals surface area contributed by atoms with E-state index in [4.69, 9.17) is 11.6 Å². The van der Waals surface area contributed by atoms with Gasteiger partial charge in [0.15, 0.2) is 0 Å². The Bertz CT molecular complexity index is 594. The molecule has 4 nitrogen and oxygen atoms in total. The molecule has 1 heterocycles. The number of carbonyl (C=O) groups is 2. The number of nitrogens with zero attached hydrogens (tertiary/aromatic N) is 2. The monoisotopic (exact) mass is 340 g/mol. The van der Waals surface area contributed by atoms with Crippen molar-refractivity contribution >= 4 is 29.1 Å². The zero-order valence-electron chi connectivity index (χ0n) is 13.5. The number of halogens is 2. The molecular weight excluding hydrogens is 319 g/mol. The Labute approximate surface area is 141 Å². The maximum Gasteiger partial charge on any atom is 0.224 e. The van der Waals surface area contributed by atoms with Crippen LogP contribution in [0.5, 0.6) is 0 Å². The van der Waals surface area contributed by atoms with Gasteiger partial charge in [0.1, 0.15) is 5.82 Å². The van der Waals surface area contributed by atoms with Gasteiger partial charge >= 0.3 is 0 Å². The molecule has 126 valence electrons. The first-order chi connectivity index (χ1) is 10.9. The van der Waals surface area contributed by atoms with E-state index >= 15 is 0 Å². The second-order valence-electron chi connectivity index (χ2n) is 6.11. The fourth-order valence-corrected chi connectivity index (χ4v) is 3.08. The molecule has 1 unspecified atom stereocenters. The van der Waals surface area contributed by atoms with Crippen molar-refractivity contribution in [2.45, 2.75) is 33.1 Å². The second-order valence-corrected chi connectivity index (χ2v) is 6.51. The molecule has 1 aromatic carbocycles. The van der Waals surface area contributed by atoms with Gasteiger partial charge in [0.2, 0.25) is 11.8 Å². The van der Waals surface area contributed by atoms with Gasteiger partial charge in [-0.2, -0.15) is 0 Å². The Hall–Kier alpha value is -1.62. The lowest BCUT2D eigenvalue weighted by Gasteiger charge is -2.31. The van der Waals surface area contributed by atoms with E-state index in [1.807, 2.05) is 4.90 Å². The van der Waals surface area contributed by atoms with E-state index in [2.05, 4.69) is 6.92 Å². The zero-order chi connectivity index (χ0) is 17.0. The third kappa shape index (κ3) is 4.67. The Balaban J connectivity index is 2.01. The van der Waals surface area contributed by atoms with Crippen LogP contribution in [0.4, 0.5) is 10.1 Å². The van der Waals surface area contributed by atoms with Gasteiger partial charge in [-0.25, -0.2) is 4.39 Å². The van der Waals surface area contributed by atoms with Crippen molar-refractivity contribution in [1.29, 1.82) is 0 Å². The van der Waals surface area contributed by atoms with Crippen LogP contribution in [0.15, 0.2) is 18.2 Å². The van der Waals surface area contributed by atoms with E-state index in [0.29, 0.717) is 11.6 Å². The number of likely N-dealkylation sites (tertiary alicyclic amines) is 1. The van der Waals surface area contributed by atoms with Crippen molar-refractivity contribution < 1.29 is 14.0 Å². The van der Waals surface area contributed by atoms with Gasteiger partial charge in [0.25, 0.3) is 0 Å². The van der Waals surface area contributed by atoms with Gasteiger partial charge in [-0.1, -0.05) is 18.5 Å². The summed E-state index contributed by atoms with van der Waals surface area (Å²) in [5.41, 5.74) is 0.503. The summed E-state index contributed by atoms with van der Waals surface area (Å²) in [6.07, 6.45) is 2.43. The normalized spacial score (nSPS) is 17.9. The molecule has 1 fully saturated rings. The standard InChI is InChI=1S/C17H22ClFN2O2/c1-12-4-3-8-20(11-12)17(23)7-9-21(13(2)22)14-5-6-16(19)15(18)10-14/h5-6,10,12H,3-4,7-9,11H2,1-2H3. The lowest BCUT2D eigenvalue weighted by Crippen LogP contribution is -2.41. The molecule has 0 saturated carbocycles. The molecule has 1 saturated heterocycles. The fraction of sp³-hybridized carbons (Fsp3) is 0.529. The average Bonchev–Trinajstić information content (AvgIpc) is 2.50. The molecule has 0 bridgehead atoms. The van der Waals surface area contributed by atoms with Crippen molar-refractivity contribution in [3.05, 3.63) is 29.0 Å². The van der Waals surface area contributed by atoms with Crippen LogP contribution >= 0.6 is 11.6 Å². The average molecular weight is 341 g/mol. The summed E-state index contributed by atoms with van der Waals surface area (Å²) in [7, 11) is 0. The van der Waals surface area contributed by atoms with E-state index in [1.165, 1.54) is 30.0 Å². The SMILES string of the molecule is CC(=O)N(CCC(=O)N1CCCC(C)C1)c1ccc(F)c(Cl)c1. The maximum absolute atomic E-state index is 13.3. The molecule has 0 aliphatic carbocycles. The minimum atomic E-state index is -0.530. The third-order valence-electron chi connectivity index (χ3n) is 4.15. The smallest absolute Gasteiger partial charge is 0.224 e. The molecule has 1 aliphatic rings. The molecule has 2 amide bonds. The summed E-state index contributed by atoms with van der Waals surface area (Å²) < 4.78 is 13.3. The van der Waals surface area contributed by atoms with Gasteiger partial charge in [0, 0.05) is 38.7 Å². The first-order valence-electron chi connectivity index (χ1n) is 7.89. The highest BCUT2D eigenvalue weighted by molar-refractivity contribution is 6.31. The highest BCUT2D eigenvalue weighted by atomic mass is 35.5. The predicted molar refractivity (Wildman–Crippen MR) is 89.0 cm³/mol. The van der Waals surface area contributed by atoms with Crippen LogP contribution in [-0.2, 0) is 9.59 Å². The summed E-state index contributed by atoms with van der Waals surface area (Å²) in [6.45, 7) is 5.39. The maximum atomic E-state index is 13.3. The molecular formula is C17H22ClFN2O2. The Morgan fingerprint density at radius 3 is 2.78 bits per heavy atom. The molecule has 1 aromatic rings. The van der Waals surface area contributed by atoms with E-state index in [-0.39, 0.29) is 29.8 Å². The van der Waals surface area contributed by atoms with Crippen LogP contribution in [0.2, 0.25) is 5.02 Å². The first-order valence-corrected chi connectivity index (χ1v) is 8.27. The topological polar surface area (TPSA) is 40.6 Å². The summed E-state index contributed by atoms with van der Waals surface area (Å²) in [6, 6.07) is 4.13. The lowest BCUT2D eigenvalue weighted by molar-refractivity contribution is -0.132. The molecule has 2 rings (SSSR count). The molecule has 0 aromatic heterocycles. The number of rotatable bonds is 4. The lowest BCUT2D eigenvalue weighted by atomic mass is 10.00. The van der Waals surface area contributed by atoms with Gasteiger partial charge in [-0.3, -0.25) is 9.59 Å². The second kappa shape index (κ2) is 7.77. The van der Waals surface area contributed by atoms with E-state index in [0.717, 1.165) is 25.9 Å². The third-order valence-corrected chi connectivity index (χ3v) is 4.44. The van der Waals surface area contributed by atoms with Crippen LogP contribution in [0.1, 0.15) is 33.1 Å². The van der Waals surface area contributed by atoms with Crippen LogP contribution < -0.4 is 4.90 Å². The van der Waals surface area contributed by atoms with Crippen LogP contribution in [0.25, 0.3) is 0 Å². The first kappa shape index (κ1) is 17.7. The fourth-order valence-electron chi connectivity index (χ4n) is 2.90. The number of hydrogen-bond donors (Lipinski definition) is 0. The van der Waals surface area contributed by atoms with Crippen molar-refractivity contribution in [3.63, 3.8) is 0 Å². The molecule has 1 aliphatic heterocycles. The van der Waals surface area contributed by atoms with Gasteiger partial charge in [-0.05, 0) is 37.0 Å². The van der Waals surface area contributed by atoms with Gasteiger partial charge in [-0.15, -0.1) is 0 Å². The molecule has 0 N–H and O–H groups in total. The van der Waals surface area contributed by atoms with Crippen molar-refractivity contribution in [3.8, 4) is 0 Å². The highest BCUT2D eigenvalue weighted by Crippen LogP contribution is 2.23. The molecule has 6 heteroatoms. The highest BCUT2D eigenvalue weighted by Gasteiger charge is 2.22. The Morgan fingerprint density at radius 1 is 1.43 bits per heavy atom. The quantitative estimate of drug-likeness (QED) is 0.842. The Kier molecular flexibility index (Phi) is 5.99. The van der Waals surface area contributed by atoms with Crippen LogP contribution in [0.3, 0.4) is 0 Å². The Morgan fingerprint density at radius 2 is 2.17 bits per heavy atom. The molecule has 1 atom stereocenters. The zero-order valence-corrected chi connectivity index (χ0v) is 14.3. The number of anilines is 1. The minimum absolute atomic E-state index is 0.0371. The summed E-state index contributed by atoms with van der Waals surface area (Å²) in [5.74, 6) is -0.159. The van der Waals surface area contributed by atoms with E-state index in [9.17, 15) is 14.0 Å². The van der Waals surface area contributed by atoms with Crippen molar-refractivity contribution in [2.75, 3.05) is 24.5 Å². The minimum Gasteiger partial charge on any atom is -0.342 e. The summed E-state index contributed by atoms with van der Waals surface area (Å²) in [5, 5.41) is -0.0371. The molecule has 0 spiro atoms. The molecule has 23 heavy (non-hydrogen) atoms. The van der Waals surface area contributed by atoms with Crippen LogP contribution in [0, 0.1) is 11.7 Å². The van der Waals surface area contributed by atoms with E-state index < -0.39 is 5.82 Å². The number of piperidine rings is 1.